The maximum atomic E-state index is 12.4. The summed E-state index contributed by atoms with van der Waals surface area (Å²) in [6.07, 6.45) is -3.59. The molecule has 1 heterocycles. The molecule has 1 unspecified atom stereocenters. The average Bonchev–Trinajstić information content (AvgIpc) is 2.98. The molecule has 0 radical (unpaired) electrons. The maximum absolute atomic E-state index is 12.4. The van der Waals surface area contributed by atoms with Crippen LogP contribution < -0.4 is 10.1 Å². The number of ether oxygens (including phenoxy) is 1. The van der Waals surface area contributed by atoms with Crippen molar-refractivity contribution in [1.29, 1.82) is 0 Å². The van der Waals surface area contributed by atoms with Gasteiger partial charge in [-0.3, -0.25) is 0 Å². The molecule has 7 heteroatoms. The van der Waals surface area contributed by atoms with Crippen LogP contribution in [0.15, 0.2) is 47.1 Å². The van der Waals surface area contributed by atoms with E-state index in [1.165, 1.54) is 12.1 Å². The maximum Gasteiger partial charge on any atom is 0.416 e. The Morgan fingerprint density at radius 2 is 1.91 bits per heavy atom. The van der Waals surface area contributed by atoms with Crippen LogP contribution in [-0.2, 0) is 12.7 Å². The number of furan rings is 1. The van der Waals surface area contributed by atoms with Gasteiger partial charge in [0, 0.05) is 6.54 Å². The molecule has 0 aliphatic rings. The van der Waals surface area contributed by atoms with Crippen molar-refractivity contribution in [3.05, 3.63) is 54.0 Å². The van der Waals surface area contributed by atoms with Crippen molar-refractivity contribution in [3.8, 4) is 5.75 Å². The number of aliphatic hydroxyl groups is 1. The van der Waals surface area contributed by atoms with Crippen LogP contribution in [0.1, 0.15) is 11.3 Å². The SMILES string of the molecule is OC(CNCc1ccco1)COc1ccc(C(F)(F)F)cc1. The number of benzene rings is 1. The molecule has 0 spiro atoms. The van der Waals surface area contributed by atoms with E-state index in [2.05, 4.69) is 5.32 Å². The van der Waals surface area contributed by atoms with Gasteiger partial charge in [-0.15, -0.1) is 0 Å². The van der Waals surface area contributed by atoms with Gasteiger partial charge in [0.05, 0.1) is 18.4 Å². The number of hydrogen-bond donors (Lipinski definition) is 2. The van der Waals surface area contributed by atoms with Crippen molar-refractivity contribution in [2.24, 2.45) is 0 Å². The second-order valence-corrected chi connectivity index (χ2v) is 4.70. The molecule has 0 bridgehead atoms. The third kappa shape index (κ3) is 5.09. The molecule has 22 heavy (non-hydrogen) atoms. The monoisotopic (exact) mass is 315 g/mol. The van der Waals surface area contributed by atoms with E-state index < -0.39 is 17.8 Å². The number of nitrogens with one attached hydrogen (secondary N) is 1. The Balaban J connectivity index is 1.70. The quantitative estimate of drug-likeness (QED) is 0.825. The van der Waals surface area contributed by atoms with E-state index in [0.29, 0.717) is 6.54 Å². The zero-order chi connectivity index (χ0) is 16.0. The summed E-state index contributed by atoms with van der Waals surface area (Å²) >= 11 is 0. The first-order valence-corrected chi connectivity index (χ1v) is 6.66. The molecule has 120 valence electrons. The fourth-order valence-corrected chi connectivity index (χ4v) is 1.77. The number of rotatable bonds is 7. The molecule has 4 nitrogen and oxygen atoms in total. The van der Waals surface area contributed by atoms with Gasteiger partial charge in [-0.25, -0.2) is 0 Å². The van der Waals surface area contributed by atoms with Gasteiger partial charge in [-0.2, -0.15) is 13.2 Å². The molecule has 0 saturated heterocycles. The predicted molar refractivity (Wildman–Crippen MR) is 73.4 cm³/mol. The van der Waals surface area contributed by atoms with Gasteiger partial charge in [0.1, 0.15) is 24.2 Å². The highest BCUT2D eigenvalue weighted by molar-refractivity contribution is 5.28. The van der Waals surface area contributed by atoms with Crippen LogP contribution in [0.25, 0.3) is 0 Å². The van der Waals surface area contributed by atoms with Crippen molar-refractivity contribution < 1.29 is 27.4 Å². The highest BCUT2D eigenvalue weighted by atomic mass is 19.4. The third-order valence-corrected chi connectivity index (χ3v) is 2.88. The second kappa shape index (κ2) is 7.33. The Labute approximate surface area is 125 Å². The van der Waals surface area contributed by atoms with E-state index in [1.54, 1.807) is 18.4 Å². The average molecular weight is 315 g/mol. The van der Waals surface area contributed by atoms with Gasteiger partial charge in [-0.05, 0) is 36.4 Å². The van der Waals surface area contributed by atoms with Crippen LogP contribution in [0.2, 0.25) is 0 Å². The van der Waals surface area contributed by atoms with E-state index in [-0.39, 0.29) is 18.9 Å². The van der Waals surface area contributed by atoms with Gasteiger partial charge in [0.25, 0.3) is 0 Å². The van der Waals surface area contributed by atoms with Gasteiger partial charge >= 0.3 is 6.18 Å². The molecular formula is C15H16F3NO3. The number of hydrogen-bond acceptors (Lipinski definition) is 4. The molecule has 0 saturated carbocycles. The van der Waals surface area contributed by atoms with E-state index >= 15 is 0 Å². The van der Waals surface area contributed by atoms with E-state index in [9.17, 15) is 18.3 Å². The molecule has 0 aliphatic carbocycles. The van der Waals surface area contributed by atoms with Gasteiger partial charge in [-0.1, -0.05) is 0 Å². The molecule has 0 fully saturated rings. The Hall–Kier alpha value is -1.99. The Bertz CT molecular complexity index is 552. The van der Waals surface area contributed by atoms with Crippen molar-refractivity contribution in [2.75, 3.05) is 13.2 Å². The summed E-state index contributed by atoms with van der Waals surface area (Å²) in [6.45, 7) is 0.738. The molecule has 1 atom stereocenters. The zero-order valence-electron chi connectivity index (χ0n) is 11.6. The highest BCUT2D eigenvalue weighted by Gasteiger charge is 2.30. The number of alkyl halides is 3. The van der Waals surface area contributed by atoms with Crippen LogP contribution in [0.4, 0.5) is 13.2 Å². The van der Waals surface area contributed by atoms with Gasteiger partial charge < -0.3 is 19.6 Å². The Morgan fingerprint density at radius 3 is 2.50 bits per heavy atom. The predicted octanol–water partition coefficient (Wildman–Crippen LogP) is 2.83. The molecular weight excluding hydrogens is 299 g/mol. The first-order chi connectivity index (χ1) is 10.4. The van der Waals surface area contributed by atoms with E-state index in [0.717, 1.165) is 17.9 Å². The lowest BCUT2D eigenvalue weighted by Crippen LogP contribution is -2.31. The summed E-state index contributed by atoms with van der Waals surface area (Å²) in [7, 11) is 0. The minimum Gasteiger partial charge on any atom is -0.491 e. The number of aliphatic hydroxyl groups excluding tert-OH is 1. The minimum atomic E-state index is -4.37. The fraction of sp³-hybridized carbons (Fsp3) is 0.333. The zero-order valence-corrected chi connectivity index (χ0v) is 11.6. The summed E-state index contributed by atoms with van der Waals surface area (Å²) in [6, 6.07) is 7.91. The summed E-state index contributed by atoms with van der Waals surface area (Å²) in [5.74, 6) is 1.02. The summed E-state index contributed by atoms with van der Waals surface area (Å²) < 4.78 is 47.5. The largest absolute Gasteiger partial charge is 0.491 e. The molecule has 1 aromatic heterocycles. The lowest BCUT2D eigenvalue weighted by atomic mass is 10.2. The van der Waals surface area contributed by atoms with Crippen LogP contribution in [0.5, 0.6) is 5.75 Å². The van der Waals surface area contributed by atoms with Crippen LogP contribution >= 0.6 is 0 Å². The fourth-order valence-electron chi connectivity index (χ4n) is 1.77. The smallest absolute Gasteiger partial charge is 0.416 e. The van der Waals surface area contributed by atoms with Crippen molar-refractivity contribution in [2.45, 2.75) is 18.8 Å². The van der Waals surface area contributed by atoms with Crippen LogP contribution in [0, 0.1) is 0 Å². The topological polar surface area (TPSA) is 54.6 Å². The summed E-state index contributed by atoms with van der Waals surface area (Å²) in [5.41, 5.74) is -0.736. The van der Waals surface area contributed by atoms with Gasteiger partial charge in [0.15, 0.2) is 0 Å². The first kappa shape index (κ1) is 16.4. The minimum absolute atomic E-state index is 0.0173. The van der Waals surface area contributed by atoms with Crippen LogP contribution in [-0.4, -0.2) is 24.4 Å². The summed E-state index contributed by atoms with van der Waals surface area (Å²) in [5, 5.41) is 12.7. The standard InChI is InChI=1S/C15H16F3NO3/c16-15(17,18)11-3-5-13(6-4-11)22-10-12(20)8-19-9-14-2-1-7-21-14/h1-7,12,19-20H,8-10H2. The molecule has 2 rings (SSSR count). The number of halogens is 3. The molecule has 0 aliphatic heterocycles. The molecule has 2 N–H and O–H groups in total. The van der Waals surface area contributed by atoms with Crippen LogP contribution in [0.3, 0.4) is 0 Å². The Morgan fingerprint density at radius 1 is 1.18 bits per heavy atom. The normalized spacial score (nSPS) is 13.1. The van der Waals surface area contributed by atoms with E-state index in [4.69, 9.17) is 9.15 Å². The second-order valence-electron chi connectivity index (χ2n) is 4.70. The van der Waals surface area contributed by atoms with Gasteiger partial charge in [0.2, 0.25) is 0 Å². The third-order valence-electron chi connectivity index (χ3n) is 2.88. The van der Waals surface area contributed by atoms with Crippen molar-refractivity contribution in [1.82, 2.24) is 5.32 Å². The first-order valence-electron chi connectivity index (χ1n) is 6.66. The van der Waals surface area contributed by atoms with E-state index in [1.807, 2.05) is 0 Å². The summed E-state index contributed by atoms with van der Waals surface area (Å²) in [4.78, 5) is 0. The molecule has 1 aromatic carbocycles. The molecule has 2 aromatic rings. The Kier molecular flexibility index (Phi) is 5.46. The lowest BCUT2D eigenvalue weighted by molar-refractivity contribution is -0.137. The van der Waals surface area contributed by atoms with Crippen molar-refractivity contribution in [3.63, 3.8) is 0 Å². The lowest BCUT2D eigenvalue weighted by Gasteiger charge is -2.13. The highest BCUT2D eigenvalue weighted by Crippen LogP contribution is 2.30. The molecule has 0 amide bonds. The van der Waals surface area contributed by atoms with Crippen molar-refractivity contribution >= 4 is 0 Å².